The van der Waals surface area contributed by atoms with Crippen LogP contribution in [0.1, 0.15) is 16.6 Å². The van der Waals surface area contributed by atoms with E-state index in [1.165, 1.54) is 4.68 Å². The topological polar surface area (TPSA) is 81.4 Å². The Morgan fingerprint density at radius 1 is 0.929 bits per heavy atom. The molecule has 28 heavy (non-hydrogen) atoms. The summed E-state index contributed by atoms with van der Waals surface area (Å²) in [5.74, 6) is -1.22. The zero-order valence-electron chi connectivity index (χ0n) is 15.4. The van der Waals surface area contributed by atoms with Gasteiger partial charge in [-0.05, 0) is 24.6 Å². The maximum absolute atomic E-state index is 13.3. The number of sulfone groups is 1. The van der Waals surface area contributed by atoms with Crippen molar-refractivity contribution >= 4 is 21.4 Å². The van der Waals surface area contributed by atoms with Crippen LogP contribution in [0.4, 0.5) is 5.69 Å². The van der Waals surface area contributed by atoms with Crippen molar-refractivity contribution in [2.75, 3.05) is 10.7 Å². The van der Waals surface area contributed by atoms with Crippen LogP contribution in [0.5, 0.6) is 0 Å². The van der Waals surface area contributed by atoms with Crippen LogP contribution >= 0.6 is 0 Å². The maximum Gasteiger partial charge on any atom is 0.295 e. The molecule has 0 saturated carbocycles. The van der Waals surface area contributed by atoms with Gasteiger partial charge in [0.15, 0.2) is 15.2 Å². The number of rotatable bonds is 3. The summed E-state index contributed by atoms with van der Waals surface area (Å²) in [6, 6.07) is 17.5. The first kappa shape index (κ1) is 18.2. The molecule has 3 aromatic rings. The fraction of sp³-hybridized carbons (Fsp3) is 0.200. The van der Waals surface area contributed by atoms with Gasteiger partial charge >= 0.3 is 0 Å². The van der Waals surface area contributed by atoms with E-state index >= 15 is 0 Å². The molecule has 1 unspecified atom stereocenters. The first-order chi connectivity index (χ1) is 13.3. The summed E-state index contributed by atoms with van der Waals surface area (Å²) in [6.07, 6.45) is 0. The number of hydrogen-bond donors (Lipinski definition) is 0. The predicted octanol–water partition coefficient (Wildman–Crippen LogP) is 1.94. The van der Waals surface area contributed by atoms with Crippen LogP contribution in [0, 0.1) is 6.92 Å². The predicted molar refractivity (Wildman–Crippen MR) is 106 cm³/mol. The van der Waals surface area contributed by atoms with Gasteiger partial charge in [-0.25, -0.2) is 13.1 Å². The average Bonchev–Trinajstić information content (AvgIpc) is 3.04. The quantitative estimate of drug-likeness (QED) is 0.676. The molecule has 2 heterocycles. The van der Waals surface area contributed by atoms with Crippen molar-refractivity contribution in [1.82, 2.24) is 9.36 Å². The minimum Gasteiger partial charge on any atom is -0.283 e. The van der Waals surface area contributed by atoms with E-state index < -0.39 is 32.4 Å². The van der Waals surface area contributed by atoms with Crippen LogP contribution in [0.3, 0.4) is 0 Å². The highest BCUT2D eigenvalue weighted by molar-refractivity contribution is 7.93. The van der Waals surface area contributed by atoms with E-state index in [-0.39, 0.29) is 5.69 Å². The van der Waals surface area contributed by atoms with E-state index in [2.05, 4.69) is 0 Å². The summed E-state index contributed by atoms with van der Waals surface area (Å²) >= 11 is 0. The van der Waals surface area contributed by atoms with Crippen molar-refractivity contribution in [3.05, 3.63) is 82.3 Å². The summed E-state index contributed by atoms with van der Waals surface area (Å²) in [5.41, 5.74) is 1.27. The summed E-state index contributed by atoms with van der Waals surface area (Å²) in [6.45, 7) is 1.70. The third-order valence-electron chi connectivity index (χ3n) is 5.02. The van der Waals surface area contributed by atoms with Gasteiger partial charge in [0, 0.05) is 7.05 Å². The van der Waals surface area contributed by atoms with Crippen molar-refractivity contribution in [2.24, 2.45) is 7.05 Å². The minimum atomic E-state index is -3.77. The molecule has 1 aromatic heterocycles. The van der Waals surface area contributed by atoms with Crippen molar-refractivity contribution in [3.63, 3.8) is 0 Å². The van der Waals surface area contributed by atoms with Crippen LogP contribution in [-0.4, -0.2) is 29.4 Å². The maximum atomic E-state index is 13.3. The van der Waals surface area contributed by atoms with E-state index in [1.54, 1.807) is 61.1 Å². The smallest absolute Gasteiger partial charge is 0.283 e. The molecule has 1 aliphatic heterocycles. The number of nitrogens with zero attached hydrogens (tertiary/aromatic N) is 3. The second kappa shape index (κ2) is 6.49. The largest absolute Gasteiger partial charge is 0.295 e. The first-order valence-electron chi connectivity index (χ1n) is 8.75. The molecule has 7 nitrogen and oxygen atoms in total. The van der Waals surface area contributed by atoms with Gasteiger partial charge in [0.05, 0.1) is 11.4 Å². The normalized spacial score (nSPS) is 18.6. The average molecular weight is 397 g/mol. The molecule has 0 bridgehead atoms. The van der Waals surface area contributed by atoms with Crippen LogP contribution in [-0.2, 0) is 21.7 Å². The Kier molecular flexibility index (Phi) is 4.23. The van der Waals surface area contributed by atoms with E-state index in [0.29, 0.717) is 16.9 Å². The number of benzene rings is 2. The second-order valence-corrected chi connectivity index (χ2v) is 8.81. The van der Waals surface area contributed by atoms with E-state index in [0.717, 1.165) is 4.90 Å². The summed E-state index contributed by atoms with van der Waals surface area (Å²) < 4.78 is 28.6. The standard InChI is InChI=1S/C20H19N3O4S/c1-14-18(19(25)23(21(14)2)16-11-7-4-8-12-16)22-17(24)13-28(26,27)20(22)15-9-5-3-6-10-15/h3-12,20H,13H2,1-2H3. The lowest BCUT2D eigenvalue weighted by molar-refractivity contribution is -0.115. The molecule has 0 radical (unpaired) electrons. The number of hydrogen-bond acceptors (Lipinski definition) is 4. The first-order valence-corrected chi connectivity index (χ1v) is 10.5. The van der Waals surface area contributed by atoms with Crippen molar-refractivity contribution in [1.29, 1.82) is 0 Å². The monoisotopic (exact) mass is 397 g/mol. The zero-order chi connectivity index (χ0) is 20.1. The van der Waals surface area contributed by atoms with Gasteiger partial charge in [0.25, 0.3) is 5.56 Å². The highest BCUT2D eigenvalue weighted by atomic mass is 32.2. The molecule has 144 valence electrons. The Morgan fingerprint density at radius 3 is 2.11 bits per heavy atom. The van der Waals surface area contributed by atoms with E-state index in [4.69, 9.17) is 0 Å². The van der Waals surface area contributed by atoms with E-state index in [1.807, 2.05) is 18.2 Å². The summed E-state index contributed by atoms with van der Waals surface area (Å²) in [4.78, 5) is 27.2. The van der Waals surface area contributed by atoms with Gasteiger partial charge in [0.2, 0.25) is 5.91 Å². The molecular weight excluding hydrogens is 378 g/mol. The lowest BCUT2D eigenvalue weighted by Gasteiger charge is -2.22. The molecule has 1 atom stereocenters. The highest BCUT2D eigenvalue weighted by Gasteiger charge is 2.47. The van der Waals surface area contributed by atoms with Crippen molar-refractivity contribution < 1.29 is 13.2 Å². The molecule has 1 aliphatic rings. The highest BCUT2D eigenvalue weighted by Crippen LogP contribution is 2.37. The summed E-state index contributed by atoms with van der Waals surface area (Å²) in [7, 11) is -2.06. The Labute approximate surface area is 162 Å². The van der Waals surface area contributed by atoms with Gasteiger partial charge in [-0.2, -0.15) is 0 Å². The third kappa shape index (κ3) is 2.68. The molecular formula is C20H19N3O4S. The molecule has 8 heteroatoms. The Morgan fingerprint density at radius 2 is 1.50 bits per heavy atom. The molecule has 1 saturated heterocycles. The number of aromatic nitrogens is 2. The van der Waals surface area contributed by atoms with Crippen LogP contribution < -0.4 is 10.5 Å². The van der Waals surface area contributed by atoms with Crippen molar-refractivity contribution in [3.8, 4) is 5.69 Å². The van der Waals surface area contributed by atoms with Crippen LogP contribution in [0.2, 0.25) is 0 Å². The fourth-order valence-electron chi connectivity index (χ4n) is 3.66. The third-order valence-corrected chi connectivity index (χ3v) is 6.83. The number of carbonyl (C=O) groups excluding carboxylic acids is 1. The molecule has 4 rings (SSSR count). The Balaban J connectivity index is 1.96. The van der Waals surface area contributed by atoms with Gasteiger partial charge in [-0.15, -0.1) is 0 Å². The Bertz CT molecular complexity index is 1210. The van der Waals surface area contributed by atoms with Gasteiger partial charge in [-0.1, -0.05) is 48.5 Å². The molecule has 2 aromatic carbocycles. The Hall–Kier alpha value is -3.13. The SMILES string of the molecule is Cc1c(N2C(=O)CS(=O)(=O)C2c2ccccc2)c(=O)n(-c2ccccc2)n1C. The van der Waals surface area contributed by atoms with Crippen molar-refractivity contribution in [2.45, 2.75) is 12.3 Å². The summed E-state index contributed by atoms with van der Waals surface area (Å²) in [5, 5.41) is -1.21. The number of amides is 1. The lowest BCUT2D eigenvalue weighted by atomic mass is 10.2. The van der Waals surface area contributed by atoms with Gasteiger partial charge in [-0.3, -0.25) is 19.2 Å². The molecule has 1 fully saturated rings. The fourth-order valence-corrected chi connectivity index (χ4v) is 5.42. The second-order valence-electron chi connectivity index (χ2n) is 6.74. The van der Waals surface area contributed by atoms with Gasteiger partial charge < -0.3 is 0 Å². The molecule has 0 spiro atoms. The minimum absolute atomic E-state index is 0.0891. The number of anilines is 1. The van der Waals surface area contributed by atoms with Gasteiger partial charge in [0.1, 0.15) is 11.4 Å². The van der Waals surface area contributed by atoms with Crippen LogP contribution in [0.15, 0.2) is 65.5 Å². The molecule has 1 amide bonds. The number of carbonyl (C=O) groups is 1. The van der Waals surface area contributed by atoms with Crippen LogP contribution in [0.25, 0.3) is 5.69 Å². The lowest BCUT2D eigenvalue weighted by Crippen LogP contribution is -2.34. The zero-order valence-corrected chi connectivity index (χ0v) is 16.3. The molecule has 0 aliphatic carbocycles. The van der Waals surface area contributed by atoms with E-state index in [9.17, 15) is 18.0 Å². The number of para-hydroxylation sites is 1. The molecule has 0 N–H and O–H groups in total.